The van der Waals surface area contributed by atoms with E-state index in [1.807, 2.05) is 31.2 Å². The summed E-state index contributed by atoms with van der Waals surface area (Å²) in [5, 5.41) is 11.8. The van der Waals surface area contributed by atoms with E-state index in [9.17, 15) is 0 Å². The van der Waals surface area contributed by atoms with Crippen molar-refractivity contribution in [2.24, 2.45) is 5.16 Å². The van der Waals surface area contributed by atoms with Crippen LogP contribution in [0.1, 0.15) is 25.8 Å². The van der Waals surface area contributed by atoms with Gasteiger partial charge in [-0.1, -0.05) is 30.1 Å². The highest BCUT2D eigenvalue weighted by atomic mass is 16.5. The van der Waals surface area contributed by atoms with Crippen LogP contribution in [0.4, 0.5) is 0 Å². The normalized spacial score (nSPS) is 10.5. The van der Waals surface area contributed by atoms with Gasteiger partial charge in [0.15, 0.2) is 0 Å². The molecule has 0 bridgehead atoms. The zero-order chi connectivity index (χ0) is 11.8. The fourth-order valence-electron chi connectivity index (χ4n) is 1.16. The molecule has 1 aromatic carbocycles. The van der Waals surface area contributed by atoms with E-state index in [1.165, 1.54) is 0 Å². The van der Waals surface area contributed by atoms with E-state index >= 15 is 0 Å². The predicted octanol–water partition coefficient (Wildman–Crippen LogP) is 2.68. The molecular weight excluding hydrogens is 202 g/mol. The lowest BCUT2D eigenvalue weighted by Gasteiger charge is -2.04. The molecule has 1 N–H and O–H groups in total. The van der Waals surface area contributed by atoms with Crippen molar-refractivity contribution in [1.29, 1.82) is 0 Å². The first-order chi connectivity index (χ1) is 7.77. The third kappa shape index (κ3) is 3.66. The van der Waals surface area contributed by atoms with Crippen molar-refractivity contribution in [2.75, 3.05) is 6.61 Å². The quantitative estimate of drug-likeness (QED) is 0.366. The van der Waals surface area contributed by atoms with E-state index in [0.717, 1.165) is 17.7 Å². The molecule has 0 saturated heterocycles. The van der Waals surface area contributed by atoms with E-state index in [-0.39, 0.29) is 0 Å². The zero-order valence-electron chi connectivity index (χ0n) is 9.53. The summed E-state index contributed by atoms with van der Waals surface area (Å²) in [6, 6.07) is 7.39. The molecule has 0 saturated carbocycles. The first-order valence-electron chi connectivity index (χ1n) is 5.15. The summed E-state index contributed by atoms with van der Waals surface area (Å²) < 4.78 is 5.43. The van der Waals surface area contributed by atoms with Crippen LogP contribution >= 0.6 is 0 Å². The molecule has 0 unspecified atom stereocenters. The maximum atomic E-state index is 8.65. The Labute approximate surface area is 95.7 Å². The molecule has 0 spiro atoms. The van der Waals surface area contributed by atoms with Gasteiger partial charge >= 0.3 is 0 Å². The van der Waals surface area contributed by atoms with Gasteiger partial charge in [0.1, 0.15) is 12.4 Å². The van der Waals surface area contributed by atoms with Crippen LogP contribution in [0.25, 0.3) is 0 Å². The smallest absolute Gasteiger partial charge is 0.149 e. The van der Waals surface area contributed by atoms with Gasteiger partial charge < -0.3 is 9.94 Å². The van der Waals surface area contributed by atoms with E-state index in [1.54, 1.807) is 6.92 Å². The largest absolute Gasteiger partial charge is 0.481 e. The second-order valence-corrected chi connectivity index (χ2v) is 3.21. The Bertz CT molecular complexity index is 427. The number of hydrogen-bond donors (Lipinski definition) is 1. The highest BCUT2D eigenvalue weighted by Gasteiger charge is 1.99. The molecule has 0 heterocycles. The van der Waals surface area contributed by atoms with Gasteiger partial charge in [-0.2, -0.15) is 0 Å². The minimum atomic E-state index is 0.382. The third-order valence-corrected chi connectivity index (χ3v) is 2.01. The molecule has 1 rings (SSSR count). The van der Waals surface area contributed by atoms with Crippen LogP contribution in [0.15, 0.2) is 29.4 Å². The van der Waals surface area contributed by atoms with Crippen molar-refractivity contribution < 1.29 is 9.94 Å². The van der Waals surface area contributed by atoms with E-state index in [4.69, 9.17) is 9.94 Å². The van der Waals surface area contributed by atoms with Gasteiger partial charge in [0.25, 0.3) is 0 Å². The summed E-state index contributed by atoms with van der Waals surface area (Å²) in [6.07, 6.45) is 0.833. The Morgan fingerprint density at radius 3 is 2.94 bits per heavy atom. The number of nitrogens with zero attached hydrogens (tertiary/aromatic N) is 1. The number of hydrogen-bond acceptors (Lipinski definition) is 3. The zero-order valence-corrected chi connectivity index (χ0v) is 9.53. The molecule has 16 heavy (non-hydrogen) atoms. The van der Waals surface area contributed by atoms with Crippen LogP contribution in [0.5, 0.6) is 5.75 Å². The minimum absolute atomic E-state index is 0.382. The van der Waals surface area contributed by atoms with Gasteiger partial charge in [-0.05, 0) is 19.1 Å². The fourth-order valence-corrected chi connectivity index (χ4v) is 1.16. The van der Waals surface area contributed by atoms with Crippen molar-refractivity contribution in [3.63, 3.8) is 0 Å². The second-order valence-electron chi connectivity index (χ2n) is 3.21. The van der Waals surface area contributed by atoms with Crippen LogP contribution in [0.2, 0.25) is 0 Å². The van der Waals surface area contributed by atoms with Crippen molar-refractivity contribution in [2.45, 2.75) is 20.3 Å². The summed E-state index contributed by atoms with van der Waals surface area (Å²) in [6.45, 7) is 4.11. The molecule has 0 aromatic heterocycles. The SMILES string of the molecule is CCC#CCOc1cccc(C(C)=NO)c1. The first-order valence-corrected chi connectivity index (χ1v) is 5.15. The van der Waals surface area contributed by atoms with Crippen molar-refractivity contribution in [3.05, 3.63) is 29.8 Å². The lowest BCUT2D eigenvalue weighted by atomic mass is 10.1. The maximum absolute atomic E-state index is 8.65. The molecule has 0 aliphatic carbocycles. The van der Waals surface area contributed by atoms with Gasteiger partial charge in [0.2, 0.25) is 0 Å². The fraction of sp³-hybridized carbons (Fsp3) is 0.308. The van der Waals surface area contributed by atoms with Crippen molar-refractivity contribution in [3.8, 4) is 17.6 Å². The molecule has 0 fully saturated rings. The monoisotopic (exact) mass is 217 g/mol. The number of oxime groups is 1. The average Bonchev–Trinajstić information content (AvgIpc) is 2.34. The third-order valence-electron chi connectivity index (χ3n) is 2.01. The molecule has 0 radical (unpaired) electrons. The number of ether oxygens (including phenoxy) is 1. The topological polar surface area (TPSA) is 41.8 Å². The van der Waals surface area contributed by atoms with Gasteiger partial charge in [0.05, 0.1) is 5.71 Å². The Kier molecular flexibility index (Phi) is 4.94. The Morgan fingerprint density at radius 1 is 1.44 bits per heavy atom. The van der Waals surface area contributed by atoms with Crippen LogP contribution < -0.4 is 4.74 Å². The predicted molar refractivity (Wildman–Crippen MR) is 64.0 cm³/mol. The molecule has 0 aliphatic rings. The molecule has 3 heteroatoms. The van der Waals surface area contributed by atoms with Crippen molar-refractivity contribution >= 4 is 5.71 Å². The molecule has 0 atom stereocenters. The number of rotatable bonds is 3. The Morgan fingerprint density at radius 2 is 2.25 bits per heavy atom. The number of benzene rings is 1. The summed E-state index contributed by atoms with van der Waals surface area (Å²) in [5.74, 6) is 6.55. The van der Waals surface area contributed by atoms with Crippen LogP contribution in [0.3, 0.4) is 0 Å². The minimum Gasteiger partial charge on any atom is -0.481 e. The van der Waals surface area contributed by atoms with Crippen molar-refractivity contribution in [1.82, 2.24) is 0 Å². The summed E-state index contributed by atoms with van der Waals surface area (Å²) in [7, 11) is 0. The van der Waals surface area contributed by atoms with Gasteiger partial charge in [-0.15, -0.1) is 5.92 Å². The molecule has 84 valence electrons. The molecular formula is C13H15NO2. The van der Waals surface area contributed by atoms with Crippen LogP contribution in [0, 0.1) is 11.8 Å². The molecule has 3 nitrogen and oxygen atoms in total. The highest BCUT2D eigenvalue weighted by Crippen LogP contribution is 2.13. The van der Waals surface area contributed by atoms with Gasteiger partial charge in [0, 0.05) is 12.0 Å². The first kappa shape index (κ1) is 12.1. The summed E-state index contributed by atoms with van der Waals surface area (Å²) in [4.78, 5) is 0. The van der Waals surface area contributed by atoms with Crippen LogP contribution in [-0.4, -0.2) is 17.5 Å². The summed E-state index contributed by atoms with van der Waals surface area (Å²) in [5.41, 5.74) is 1.40. The molecule has 1 aromatic rings. The lowest BCUT2D eigenvalue weighted by Crippen LogP contribution is -1.98. The standard InChI is InChI=1S/C13H15NO2/c1-3-4-5-9-16-13-8-6-7-12(10-13)11(2)14-15/h6-8,10,15H,3,9H2,1-2H3. The summed E-state index contributed by atoms with van der Waals surface area (Å²) >= 11 is 0. The lowest BCUT2D eigenvalue weighted by molar-refractivity contribution is 0.319. The maximum Gasteiger partial charge on any atom is 0.149 e. The Balaban J connectivity index is 2.68. The highest BCUT2D eigenvalue weighted by molar-refractivity contribution is 5.98. The van der Waals surface area contributed by atoms with E-state index in [2.05, 4.69) is 17.0 Å². The van der Waals surface area contributed by atoms with Gasteiger partial charge in [-0.25, -0.2) is 0 Å². The Hall–Kier alpha value is -1.95. The van der Waals surface area contributed by atoms with Gasteiger partial charge in [-0.3, -0.25) is 0 Å². The average molecular weight is 217 g/mol. The van der Waals surface area contributed by atoms with E-state index in [0.29, 0.717) is 12.3 Å². The van der Waals surface area contributed by atoms with Crippen LogP contribution in [-0.2, 0) is 0 Å². The second kappa shape index (κ2) is 6.52. The molecule has 0 amide bonds. The molecule has 0 aliphatic heterocycles. The van der Waals surface area contributed by atoms with E-state index < -0.39 is 0 Å².